The number of likely N-dealkylation sites (N-methyl/N-ethyl adjacent to an activating group) is 1. The molecule has 1 aromatic carbocycles. The number of carbonyl (C=O) groups is 1. The van der Waals surface area contributed by atoms with Gasteiger partial charge in [0.05, 0.1) is 12.2 Å². The Kier molecular flexibility index (Phi) is 15.7. The molecule has 43 heavy (non-hydrogen) atoms. The minimum atomic E-state index is -1.16. The quantitative estimate of drug-likeness (QED) is 0.124. The molecule has 1 heterocycles. The largest absolute Gasteiger partial charge is 0.489 e. The Labute approximate surface area is 260 Å². The van der Waals surface area contributed by atoms with Crippen LogP contribution in [0, 0.1) is 11.3 Å². The second-order valence-electron chi connectivity index (χ2n) is 10.3. The van der Waals surface area contributed by atoms with Crippen LogP contribution >= 0.6 is 11.6 Å². The standard InChI is InChI=1S/C33H44ClN5O4/c1-6-8-9-23(3)10-11-25(7-2)12-24(4)39(5)38-20-28-15-32(43-22-27-13-26(16-35)17-36-18-27)29(14-30(28)34)19-37-31(21-40)33(41)42/h9-15,17-18,24,31,37-38,40H,6-8,19-22H2,1-5H3,(H,41,42)/b11-10+,23-9-,25-12+/t24?,31-/m0/s1. The summed E-state index contributed by atoms with van der Waals surface area (Å²) in [7, 11) is 1.98. The maximum absolute atomic E-state index is 11.4. The zero-order chi connectivity index (χ0) is 31.8. The maximum atomic E-state index is 11.4. The number of unbranched alkanes of at least 4 members (excludes halogenated alkanes) is 1. The Morgan fingerprint density at radius 2 is 1.98 bits per heavy atom. The van der Waals surface area contributed by atoms with Crippen LogP contribution in [-0.4, -0.2) is 51.9 Å². The summed E-state index contributed by atoms with van der Waals surface area (Å²) in [6.07, 6.45) is 15.0. The number of halogens is 1. The Balaban J connectivity index is 2.21. The van der Waals surface area contributed by atoms with Gasteiger partial charge in [0, 0.05) is 54.7 Å². The van der Waals surface area contributed by atoms with E-state index in [2.05, 4.69) is 73.8 Å². The van der Waals surface area contributed by atoms with Crippen LogP contribution in [0.3, 0.4) is 0 Å². The predicted molar refractivity (Wildman–Crippen MR) is 170 cm³/mol. The first-order valence-corrected chi connectivity index (χ1v) is 14.9. The minimum absolute atomic E-state index is 0.101. The summed E-state index contributed by atoms with van der Waals surface area (Å²) in [4.78, 5) is 15.5. The molecule has 0 aliphatic rings. The third-order valence-corrected chi connectivity index (χ3v) is 7.23. The molecule has 1 aromatic heterocycles. The molecular formula is C33H44ClN5O4. The van der Waals surface area contributed by atoms with E-state index in [1.165, 1.54) is 17.3 Å². The number of aliphatic hydroxyl groups is 1. The number of nitrogens with one attached hydrogen (secondary N) is 2. The van der Waals surface area contributed by atoms with E-state index in [-0.39, 0.29) is 19.2 Å². The highest BCUT2D eigenvalue weighted by Crippen LogP contribution is 2.28. The lowest BCUT2D eigenvalue weighted by molar-refractivity contribution is -0.140. The summed E-state index contributed by atoms with van der Waals surface area (Å²) >= 11 is 6.67. The van der Waals surface area contributed by atoms with E-state index >= 15 is 0 Å². The number of carboxylic acid groups (broad SMARTS) is 1. The van der Waals surface area contributed by atoms with Crippen molar-refractivity contribution in [1.29, 1.82) is 5.26 Å². The van der Waals surface area contributed by atoms with Gasteiger partial charge in [-0.3, -0.25) is 20.5 Å². The number of hydrogen-bond acceptors (Lipinski definition) is 8. The number of nitrogens with zero attached hydrogens (tertiary/aromatic N) is 3. The number of nitriles is 1. The fourth-order valence-corrected chi connectivity index (χ4v) is 4.29. The van der Waals surface area contributed by atoms with Crippen LogP contribution in [0.4, 0.5) is 0 Å². The third-order valence-electron chi connectivity index (χ3n) is 6.88. The van der Waals surface area contributed by atoms with Crippen molar-refractivity contribution in [3.63, 3.8) is 0 Å². The lowest BCUT2D eigenvalue weighted by Gasteiger charge is -2.25. The van der Waals surface area contributed by atoms with Gasteiger partial charge in [-0.1, -0.05) is 67.3 Å². The third kappa shape index (κ3) is 12.3. The first-order chi connectivity index (χ1) is 20.6. The van der Waals surface area contributed by atoms with Gasteiger partial charge in [-0.05, 0) is 50.5 Å². The second kappa shape index (κ2) is 18.9. The molecule has 0 saturated carbocycles. The van der Waals surface area contributed by atoms with Gasteiger partial charge < -0.3 is 14.9 Å². The van der Waals surface area contributed by atoms with Crippen LogP contribution < -0.4 is 15.5 Å². The van der Waals surface area contributed by atoms with E-state index in [9.17, 15) is 20.3 Å². The highest BCUT2D eigenvalue weighted by molar-refractivity contribution is 6.31. The Morgan fingerprint density at radius 3 is 2.63 bits per heavy atom. The molecule has 0 aliphatic heterocycles. The van der Waals surface area contributed by atoms with E-state index in [0.717, 1.165) is 24.8 Å². The van der Waals surface area contributed by atoms with Crippen molar-refractivity contribution < 1.29 is 19.7 Å². The molecule has 2 aromatic rings. The van der Waals surface area contributed by atoms with E-state index in [1.807, 2.05) is 18.1 Å². The molecule has 10 heteroatoms. The van der Waals surface area contributed by atoms with Crippen molar-refractivity contribution in [2.45, 2.75) is 78.7 Å². The van der Waals surface area contributed by atoms with Crippen molar-refractivity contribution in [3.05, 3.63) is 93.3 Å². The molecular weight excluding hydrogens is 566 g/mol. The van der Waals surface area contributed by atoms with Gasteiger partial charge in [0.25, 0.3) is 0 Å². The number of hydrogen-bond donors (Lipinski definition) is 4. The number of benzene rings is 1. The summed E-state index contributed by atoms with van der Waals surface area (Å²) in [5, 5.41) is 33.2. The van der Waals surface area contributed by atoms with Crippen LogP contribution in [0.25, 0.3) is 0 Å². The summed E-state index contributed by atoms with van der Waals surface area (Å²) < 4.78 is 6.12. The molecule has 2 atom stereocenters. The van der Waals surface area contributed by atoms with Gasteiger partial charge in [0.1, 0.15) is 24.5 Å². The molecule has 2 rings (SSSR count). The van der Waals surface area contributed by atoms with Gasteiger partial charge in [-0.25, -0.2) is 5.01 Å². The first-order valence-electron chi connectivity index (χ1n) is 14.5. The first kappa shape index (κ1) is 35.7. The lowest BCUT2D eigenvalue weighted by Crippen LogP contribution is -2.40. The molecule has 0 saturated heterocycles. The lowest BCUT2D eigenvalue weighted by atomic mass is 10.1. The van der Waals surface area contributed by atoms with E-state index in [4.69, 9.17) is 16.3 Å². The zero-order valence-corrected chi connectivity index (χ0v) is 26.5. The molecule has 0 bridgehead atoms. The van der Waals surface area contributed by atoms with Crippen LogP contribution in [-0.2, 0) is 24.5 Å². The molecule has 0 fully saturated rings. The van der Waals surface area contributed by atoms with Crippen LogP contribution in [0.2, 0.25) is 5.02 Å². The van der Waals surface area contributed by atoms with Gasteiger partial charge in [0.15, 0.2) is 0 Å². The number of aliphatic hydroxyl groups excluding tert-OH is 1. The highest BCUT2D eigenvalue weighted by atomic mass is 35.5. The maximum Gasteiger partial charge on any atom is 0.323 e. The summed E-state index contributed by atoms with van der Waals surface area (Å²) in [5.41, 5.74) is 8.47. The molecule has 4 N–H and O–H groups in total. The predicted octanol–water partition coefficient (Wildman–Crippen LogP) is 5.68. The average molecular weight is 610 g/mol. The fraction of sp³-hybridized carbons (Fsp3) is 0.424. The summed E-state index contributed by atoms with van der Waals surface area (Å²) in [6.45, 7) is 8.68. The van der Waals surface area contributed by atoms with Crippen molar-refractivity contribution in [2.75, 3.05) is 13.7 Å². The van der Waals surface area contributed by atoms with Crippen molar-refractivity contribution >= 4 is 17.6 Å². The van der Waals surface area contributed by atoms with Crippen LogP contribution in [0.1, 0.15) is 69.2 Å². The SMILES string of the molecule is CCC\C=C(C)/C=C/C(=C/C(C)N(C)NCc1cc(OCc2cncc(C#N)c2)c(CN[C@@H](CO)C(=O)O)cc1Cl)CC. The summed E-state index contributed by atoms with van der Waals surface area (Å²) in [6, 6.07) is 6.29. The van der Waals surface area contributed by atoms with Crippen molar-refractivity contribution in [3.8, 4) is 11.8 Å². The number of rotatable bonds is 18. The number of carboxylic acids is 1. The Bertz CT molecular complexity index is 1340. The van der Waals surface area contributed by atoms with Crippen molar-refractivity contribution in [2.24, 2.45) is 0 Å². The molecule has 0 spiro atoms. The smallest absolute Gasteiger partial charge is 0.323 e. The number of allylic oxidation sites excluding steroid dienone is 5. The molecule has 9 nitrogen and oxygen atoms in total. The Morgan fingerprint density at radius 1 is 1.21 bits per heavy atom. The zero-order valence-electron chi connectivity index (χ0n) is 25.7. The molecule has 232 valence electrons. The molecule has 1 unspecified atom stereocenters. The number of pyridine rings is 1. The minimum Gasteiger partial charge on any atom is -0.489 e. The average Bonchev–Trinajstić information content (AvgIpc) is 3.00. The van der Waals surface area contributed by atoms with E-state index in [1.54, 1.807) is 18.3 Å². The summed E-state index contributed by atoms with van der Waals surface area (Å²) in [5.74, 6) is -0.661. The van der Waals surface area contributed by atoms with E-state index < -0.39 is 18.6 Å². The number of ether oxygens (including phenoxy) is 1. The second-order valence-corrected chi connectivity index (χ2v) is 10.7. The number of hydrazine groups is 1. The van der Waals surface area contributed by atoms with Crippen LogP contribution in [0.5, 0.6) is 5.75 Å². The normalized spacial score (nSPS) is 13.7. The monoisotopic (exact) mass is 609 g/mol. The highest BCUT2D eigenvalue weighted by Gasteiger charge is 2.18. The van der Waals surface area contributed by atoms with Gasteiger partial charge in [-0.15, -0.1) is 0 Å². The number of aromatic nitrogens is 1. The molecule has 0 amide bonds. The molecule has 0 aliphatic carbocycles. The van der Waals surface area contributed by atoms with Gasteiger partial charge >= 0.3 is 5.97 Å². The van der Waals surface area contributed by atoms with Gasteiger partial charge in [-0.2, -0.15) is 5.26 Å². The topological polar surface area (TPSA) is 131 Å². The number of aliphatic carboxylic acids is 1. The van der Waals surface area contributed by atoms with Crippen molar-refractivity contribution in [1.82, 2.24) is 20.7 Å². The fourth-order valence-electron chi connectivity index (χ4n) is 4.04. The van der Waals surface area contributed by atoms with E-state index in [0.29, 0.717) is 34.0 Å². The molecule has 0 radical (unpaired) electrons. The Hall–Kier alpha value is -3.52. The van der Waals surface area contributed by atoms with Crippen LogP contribution in [0.15, 0.2) is 66.0 Å². The van der Waals surface area contributed by atoms with Gasteiger partial charge in [0.2, 0.25) is 0 Å².